The number of pyridine rings is 1. The predicted octanol–water partition coefficient (Wildman–Crippen LogP) is 4.11. The summed E-state index contributed by atoms with van der Waals surface area (Å²) < 4.78 is 42.0. The van der Waals surface area contributed by atoms with E-state index in [1.54, 1.807) is 53.9 Å². The highest BCUT2D eigenvalue weighted by atomic mass is 19.4. The Morgan fingerprint density at radius 1 is 1.03 bits per heavy atom. The minimum absolute atomic E-state index is 0.138. The number of carbonyl (C=O) groups is 2. The van der Waals surface area contributed by atoms with Crippen molar-refractivity contribution >= 4 is 23.3 Å². The number of nitrogens with zero attached hydrogens (tertiary/aromatic N) is 5. The molecule has 3 amide bonds. The molecule has 35 heavy (non-hydrogen) atoms. The first-order valence-electron chi connectivity index (χ1n) is 11.4. The summed E-state index contributed by atoms with van der Waals surface area (Å²) in [7, 11) is 3.25. The molecule has 3 heterocycles. The summed E-state index contributed by atoms with van der Waals surface area (Å²) in [6.45, 7) is 0.945. The summed E-state index contributed by atoms with van der Waals surface area (Å²) in [4.78, 5) is 28.4. The van der Waals surface area contributed by atoms with E-state index in [1.165, 1.54) is 11.0 Å². The summed E-state index contributed by atoms with van der Waals surface area (Å²) >= 11 is 0. The van der Waals surface area contributed by atoms with E-state index in [0.29, 0.717) is 42.8 Å². The predicted molar refractivity (Wildman–Crippen MR) is 122 cm³/mol. The number of nitrogens with one attached hydrogen (secondary N) is 1. The standard InChI is InChI=1S/C24H25F3N6O2/c1-31(2)23(35)28-17-7-8-20-29-30-21(33(20)13-17)22(34)32-11-15-9-14(10-16(15)12-32)18-5-3-4-6-19(18)24(25,26)27/h3-8,13-16H,9-12H2,1-2H3,(H,28,35). The average molecular weight is 486 g/mol. The zero-order valence-corrected chi connectivity index (χ0v) is 19.3. The molecular weight excluding hydrogens is 461 g/mol. The molecule has 1 saturated carbocycles. The number of alkyl halides is 3. The molecule has 11 heteroatoms. The molecule has 2 fully saturated rings. The largest absolute Gasteiger partial charge is 0.416 e. The van der Waals surface area contributed by atoms with Crippen molar-refractivity contribution in [1.82, 2.24) is 24.4 Å². The first-order chi connectivity index (χ1) is 16.6. The zero-order valence-electron chi connectivity index (χ0n) is 19.3. The van der Waals surface area contributed by atoms with Crippen LogP contribution in [0.25, 0.3) is 5.65 Å². The lowest BCUT2D eigenvalue weighted by atomic mass is 9.91. The molecular formula is C24H25F3N6O2. The normalized spacial score (nSPS) is 21.9. The van der Waals surface area contributed by atoms with Crippen LogP contribution in [0.5, 0.6) is 0 Å². The third-order valence-electron chi connectivity index (χ3n) is 7.00. The van der Waals surface area contributed by atoms with Crippen LogP contribution in [0.1, 0.15) is 40.5 Å². The molecule has 1 N–H and O–H groups in total. The van der Waals surface area contributed by atoms with Crippen LogP contribution in [0.2, 0.25) is 0 Å². The van der Waals surface area contributed by atoms with E-state index in [1.807, 2.05) is 0 Å². The number of carbonyl (C=O) groups excluding carboxylic acids is 2. The van der Waals surface area contributed by atoms with E-state index in [0.717, 1.165) is 6.07 Å². The topological polar surface area (TPSA) is 82.8 Å². The van der Waals surface area contributed by atoms with Gasteiger partial charge in [0.05, 0.1) is 11.3 Å². The maximum Gasteiger partial charge on any atom is 0.416 e. The van der Waals surface area contributed by atoms with Gasteiger partial charge in [-0.15, -0.1) is 10.2 Å². The van der Waals surface area contributed by atoms with Gasteiger partial charge >= 0.3 is 12.2 Å². The van der Waals surface area contributed by atoms with Gasteiger partial charge in [-0.2, -0.15) is 13.2 Å². The van der Waals surface area contributed by atoms with Crippen molar-refractivity contribution in [3.8, 4) is 0 Å². The Bertz CT molecular complexity index is 1270. The molecule has 5 rings (SSSR count). The van der Waals surface area contributed by atoms with Crippen molar-refractivity contribution in [1.29, 1.82) is 0 Å². The number of rotatable bonds is 3. The second-order valence-corrected chi connectivity index (χ2v) is 9.48. The van der Waals surface area contributed by atoms with Crippen LogP contribution in [0, 0.1) is 11.8 Å². The van der Waals surface area contributed by atoms with Gasteiger partial charge in [-0.1, -0.05) is 18.2 Å². The van der Waals surface area contributed by atoms with Crippen molar-refractivity contribution in [2.75, 3.05) is 32.5 Å². The van der Waals surface area contributed by atoms with Crippen LogP contribution in [0.4, 0.5) is 23.7 Å². The van der Waals surface area contributed by atoms with E-state index >= 15 is 0 Å². The van der Waals surface area contributed by atoms with Crippen molar-refractivity contribution in [2.45, 2.75) is 24.9 Å². The summed E-state index contributed by atoms with van der Waals surface area (Å²) in [6.07, 6.45) is -1.55. The molecule has 1 aliphatic heterocycles. The molecule has 2 unspecified atom stereocenters. The van der Waals surface area contributed by atoms with Crippen molar-refractivity contribution in [3.05, 3.63) is 59.5 Å². The molecule has 1 aromatic carbocycles. The van der Waals surface area contributed by atoms with E-state index < -0.39 is 11.7 Å². The number of urea groups is 1. The van der Waals surface area contributed by atoms with Crippen molar-refractivity contribution in [2.24, 2.45) is 11.8 Å². The second kappa shape index (κ2) is 8.54. The number of amides is 3. The third-order valence-corrected chi connectivity index (χ3v) is 7.00. The highest BCUT2D eigenvalue weighted by Gasteiger charge is 2.45. The number of hydrogen-bond acceptors (Lipinski definition) is 4. The number of likely N-dealkylation sites (tertiary alicyclic amines) is 1. The van der Waals surface area contributed by atoms with Gasteiger partial charge in [0.15, 0.2) is 5.65 Å². The number of benzene rings is 1. The molecule has 1 saturated heterocycles. The van der Waals surface area contributed by atoms with Crippen LogP contribution in [0.15, 0.2) is 42.6 Å². The van der Waals surface area contributed by atoms with Crippen molar-refractivity contribution in [3.63, 3.8) is 0 Å². The van der Waals surface area contributed by atoms with Gasteiger partial charge in [-0.3, -0.25) is 9.20 Å². The number of fused-ring (bicyclic) bond motifs is 2. The van der Waals surface area contributed by atoms with E-state index in [9.17, 15) is 22.8 Å². The number of anilines is 1. The first-order valence-corrected chi connectivity index (χ1v) is 11.4. The quantitative estimate of drug-likeness (QED) is 0.604. The number of aromatic nitrogens is 3. The van der Waals surface area contributed by atoms with Crippen molar-refractivity contribution < 1.29 is 22.8 Å². The van der Waals surface area contributed by atoms with E-state index in [2.05, 4.69) is 15.5 Å². The Morgan fingerprint density at radius 2 is 1.71 bits per heavy atom. The summed E-state index contributed by atoms with van der Waals surface area (Å²) in [5, 5.41) is 10.9. The maximum atomic E-state index is 13.5. The van der Waals surface area contributed by atoms with Crippen LogP contribution in [-0.2, 0) is 6.18 Å². The van der Waals surface area contributed by atoms with Crippen LogP contribution >= 0.6 is 0 Å². The zero-order chi connectivity index (χ0) is 24.9. The first kappa shape index (κ1) is 23.1. The summed E-state index contributed by atoms with van der Waals surface area (Å²) in [5.74, 6) is -0.0364. The maximum absolute atomic E-state index is 13.5. The highest BCUT2D eigenvalue weighted by molar-refractivity contribution is 5.92. The lowest BCUT2D eigenvalue weighted by Gasteiger charge is -2.21. The van der Waals surface area contributed by atoms with E-state index in [-0.39, 0.29) is 35.5 Å². The summed E-state index contributed by atoms with van der Waals surface area (Å²) in [6, 6.07) is 8.83. The Hall–Kier alpha value is -3.63. The molecule has 2 aromatic heterocycles. The molecule has 1 aliphatic carbocycles. The van der Waals surface area contributed by atoms with Gasteiger partial charge in [0.2, 0.25) is 5.82 Å². The molecule has 0 radical (unpaired) electrons. The second-order valence-electron chi connectivity index (χ2n) is 9.48. The smallest absolute Gasteiger partial charge is 0.335 e. The van der Waals surface area contributed by atoms with Gasteiger partial charge in [0.25, 0.3) is 5.91 Å². The van der Waals surface area contributed by atoms with Gasteiger partial charge in [-0.25, -0.2) is 4.79 Å². The number of halogens is 3. The fourth-order valence-corrected chi connectivity index (χ4v) is 5.32. The van der Waals surface area contributed by atoms with Gasteiger partial charge in [0, 0.05) is 33.4 Å². The lowest BCUT2D eigenvalue weighted by molar-refractivity contribution is -0.138. The molecule has 0 spiro atoms. The monoisotopic (exact) mass is 486 g/mol. The van der Waals surface area contributed by atoms with Crippen LogP contribution < -0.4 is 5.32 Å². The Labute approximate surface area is 199 Å². The van der Waals surface area contributed by atoms with Gasteiger partial charge < -0.3 is 15.1 Å². The van der Waals surface area contributed by atoms with Gasteiger partial charge in [-0.05, 0) is 54.4 Å². The third kappa shape index (κ3) is 4.30. The molecule has 3 aromatic rings. The van der Waals surface area contributed by atoms with Crippen LogP contribution in [-0.4, -0.2) is 63.5 Å². The molecule has 8 nitrogen and oxygen atoms in total. The average Bonchev–Trinajstić information content (AvgIpc) is 3.51. The number of hydrogen-bond donors (Lipinski definition) is 1. The lowest BCUT2D eigenvalue weighted by Crippen LogP contribution is -2.31. The minimum Gasteiger partial charge on any atom is -0.335 e. The Kier molecular flexibility index (Phi) is 5.65. The van der Waals surface area contributed by atoms with E-state index in [4.69, 9.17) is 0 Å². The Balaban J connectivity index is 1.31. The fourth-order valence-electron chi connectivity index (χ4n) is 5.32. The molecule has 2 atom stereocenters. The van der Waals surface area contributed by atoms with Gasteiger partial charge in [0.1, 0.15) is 0 Å². The molecule has 0 bridgehead atoms. The summed E-state index contributed by atoms with van der Waals surface area (Å²) in [5.41, 5.74) is 0.752. The molecule has 184 valence electrons. The Morgan fingerprint density at radius 3 is 2.37 bits per heavy atom. The molecule has 2 aliphatic rings. The fraction of sp³-hybridized carbons (Fsp3) is 0.417. The minimum atomic E-state index is -4.38. The highest BCUT2D eigenvalue weighted by Crippen LogP contribution is 2.49. The SMILES string of the molecule is CN(C)C(=O)Nc1ccc2nnc(C(=O)N3CC4CC(c5ccccc5C(F)(F)F)CC4C3)n2c1. The van der Waals surface area contributed by atoms with Crippen LogP contribution in [0.3, 0.4) is 0 Å².